The number of sulfonamides is 1. The van der Waals surface area contributed by atoms with E-state index < -0.39 is 39.4 Å². The smallest absolute Gasteiger partial charge is 0.437 e. The zero-order chi connectivity index (χ0) is 36.6. The Bertz CT molecular complexity index is 1740. The molecule has 3 rings (SSSR count). The molecule has 0 aliphatic rings. The molecule has 266 valence electrons. The van der Waals surface area contributed by atoms with Crippen LogP contribution in [0.25, 0.3) is 0 Å². The van der Waals surface area contributed by atoms with Crippen LogP contribution < -0.4 is 19.7 Å². The van der Waals surface area contributed by atoms with Crippen molar-refractivity contribution in [1.29, 1.82) is 0 Å². The summed E-state index contributed by atoms with van der Waals surface area (Å²) in [5.41, 5.74) is 0.459. The molecule has 1 heterocycles. The van der Waals surface area contributed by atoms with Crippen LogP contribution in [0.4, 0.5) is 20.3 Å². The van der Waals surface area contributed by atoms with Crippen LogP contribution in [0.5, 0.6) is 5.75 Å². The minimum atomic E-state index is -4.31. The second kappa shape index (κ2) is 16.1. The molecule has 0 saturated carbocycles. The number of methoxy groups -OCH3 is 1. The topological polar surface area (TPSA) is 175 Å². The summed E-state index contributed by atoms with van der Waals surface area (Å²) < 4.78 is 50.7. The van der Waals surface area contributed by atoms with Gasteiger partial charge in [0.2, 0.25) is 5.96 Å². The number of hydrogen-bond acceptors (Lipinski definition) is 11. The first kappa shape index (κ1) is 38.7. The number of hydrogen-bond donors (Lipinski definition) is 2. The molecule has 49 heavy (non-hydrogen) atoms. The van der Waals surface area contributed by atoms with Crippen molar-refractivity contribution < 1.29 is 41.7 Å². The van der Waals surface area contributed by atoms with Gasteiger partial charge in [0.05, 0.1) is 30.7 Å². The molecule has 0 saturated heterocycles. The van der Waals surface area contributed by atoms with Crippen LogP contribution in [-0.4, -0.2) is 62.4 Å². The van der Waals surface area contributed by atoms with E-state index in [1.165, 1.54) is 36.9 Å². The van der Waals surface area contributed by atoms with Gasteiger partial charge in [-0.1, -0.05) is 26.0 Å². The number of guanidine groups is 1. The number of benzene rings is 2. The number of nitrogens with one attached hydrogen (secondary N) is 2. The van der Waals surface area contributed by atoms with Gasteiger partial charge in [0, 0.05) is 5.69 Å². The number of carbonyl (C=O) groups is 3. The van der Waals surface area contributed by atoms with Crippen molar-refractivity contribution >= 4 is 56.2 Å². The molecule has 2 aromatic carbocycles. The third kappa shape index (κ3) is 12.0. The fourth-order valence-corrected chi connectivity index (χ4v) is 6.34. The van der Waals surface area contributed by atoms with Gasteiger partial charge in [-0.3, -0.25) is 9.62 Å². The average Bonchev–Trinajstić information content (AvgIpc) is 3.46. The average molecular weight is 718 g/mol. The summed E-state index contributed by atoms with van der Waals surface area (Å²) in [4.78, 5) is 45.8. The predicted octanol–water partition coefficient (Wildman–Crippen LogP) is 6.59. The van der Waals surface area contributed by atoms with Crippen molar-refractivity contribution in [3.8, 4) is 5.75 Å². The lowest BCUT2D eigenvalue weighted by Gasteiger charge is -2.24. The summed E-state index contributed by atoms with van der Waals surface area (Å²) in [5, 5.41) is 5.26. The number of amides is 2. The first-order chi connectivity index (χ1) is 22.8. The van der Waals surface area contributed by atoms with E-state index in [0.717, 1.165) is 15.6 Å². The number of rotatable bonds is 10. The highest BCUT2D eigenvalue weighted by molar-refractivity contribution is 7.93. The number of thiazole rings is 1. The summed E-state index contributed by atoms with van der Waals surface area (Å²) in [6.07, 6.45) is -1.87. The van der Waals surface area contributed by atoms with E-state index in [9.17, 15) is 22.8 Å². The van der Waals surface area contributed by atoms with Crippen LogP contribution >= 0.6 is 11.3 Å². The number of alkyl carbamates (subject to hydrolysis) is 1. The lowest BCUT2D eigenvalue weighted by atomic mass is 10.2. The van der Waals surface area contributed by atoms with Crippen LogP contribution in [-0.2, 0) is 30.8 Å². The molecule has 3 aromatic rings. The maximum absolute atomic E-state index is 14.2. The van der Waals surface area contributed by atoms with Crippen molar-refractivity contribution in [3.05, 3.63) is 65.3 Å². The first-order valence-electron chi connectivity index (χ1n) is 15.2. The van der Waals surface area contributed by atoms with E-state index in [2.05, 4.69) is 20.6 Å². The van der Waals surface area contributed by atoms with Crippen molar-refractivity contribution in [2.24, 2.45) is 10.9 Å². The number of esters is 1. The second-order valence-electron chi connectivity index (χ2n) is 13.1. The Balaban J connectivity index is 1.98. The highest BCUT2D eigenvalue weighted by Crippen LogP contribution is 2.33. The number of ether oxygens (including phenoxy) is 4. The lowest BCUT2D eigenvalue weighted by Crippen LogP contribution is -2.40. The maximum atomic E-state index is 14.2. The van der Waals surface area contributed by atoms with Crippen LogP contribution in [0.3, 0.4) is 0 Å². The van der Waals surface area contributed by atoms with Crippen molar-refractivity contribution in [1.82, 2.24) is 10.3 Å². The van der Waals surface area contributed by atoms with Crippen LogP contribution in [0.1, 0.15) is 71.4 Å². The molecule has 0 fully saturated rings. The summed E-state index contributed by atoms with van der Waals surface area (Å²) >= 11 is 0.985. The summed E-state index contributed by atoms with van der Waals surface area (Å²) in [6.45, 7) is 13.8. The number of carbonyl (C=O) groups excluding carboxylic acids is 3. The summed E-state index contributed by atoms with van der Waals surface area (Å²) in [7, 11) is -2.78. The van der Waals surface area contributed by atoms with Gasteiger partial charge in [0.1, 0.15) is 22.0 Å². The van der Waals surface area contributed by atoms with Crippen LogP contribution in [0.15, 0.2) is 63.9 Å². The molecule has 0 aliphatic heterocycles. The van der Waals surface area contributed by atoms with Gasteiger partial charge in [-0.05, 0) is 89.4 Å². The number of aliphatic imine (C=N–C) groups is 1. The Kier molecular flexibility index (Phi) is 12.8. The minimum absolute atomic E-state index is 0.0614. The minimum Gasteiger partial charge on any atom is -0.497 e. The normalized spacial score (nSPS) is 12.2. The van der Waals surface area contributed by atoms with E-state index >= 15 is 0 Å². The third-order valence-electron chi connectivity index (χ3n) is 5.92. The fourth-order valence-electron chi connectivity index (χ4n) is 3.87. The number of nitrogens with zero attached hydrogens (tertiary/aromatic N) is 3. The van der Waals surface area contributed by atoms with E-state index in [1.807, 2.05) is 13.8 Å². The Morgan fingerprint density at radius 1 is 0.939 bits per heavy atom. The largest absolute Gasteiger partial charge is 0.497 e. The standard InChI is InChI=1S/C33H43N5O9S2/c1-21(2)19-45-28(39)26-27(48-20-34-26)38(18-22-10-14-24(44-9)15-11-22)49(42,43)25-16-12-23(13-17-25)35-29(36-30(40)46-32(3,4)5)37-31(41)47-33(6,7)8/h10-17,20-21H,18-19H2,1-9H3,(H2,35,36,37,40,41). The van der Waals surface area contributed by atoms with E-state index in [0.29, 0.717) is 11.3 Å². The van der Waals surface area contributed by atoms with E-state index in [1.54, 1.807) is 65.8 Å². The van der Waals surface area contributed by atoms with E-state index in [4.69, 9.17) is 18.9 Å². The van der Waals surface area contributed by atoms with Gasteiger partial charge >= 0.3 is 18.2 Å². The Labute approximate surface area is 290 Å². The fraction of sp³-hybridized carbons (Fsp3) is 0.424. The molecule has 0 radical (unpaired) electrons. The molecule has 2 N–H and O–H groups in total. The zero-order valence-corrected chi connectivity index (χ0v) is 30.7. The molecule has 1 aromatic heterocycles. The SMILES string of the molecule is COc1ccc(CN(c2scnc2C(=O)OCC(C)C)S(=O)(=O)c2ccc(N/C(=N/C(=O)OC(C)(C)C)NC(=O)OC(C)(C)C)cc2)cc1. The second-order valence-corrected chi connectivity index (χ2v) is 15.8. The van der Waals surface area contributed by atoms with Gasteiger partial charge in [-0.15, -0.1) is 16.3 Å². The van der Waals surface area contributed by atoms with Gasteiger partial charge in [0.25, 0.3) is 10.0 Å². The lowest BCUT2D eigenvalue weighted by molar-refractivity contribution is 0.0452. The molecular formula is C33H43N5O9S2. The zero-order valence-electron chi connectivity index (χ0n) is 29.0. The van der Waals surface area contributed by atoms with E-state index in [-0.39, 0.29) is 46.3 Å². The van der Waals surface area contributed by atoms with Crippen molar-refractivity contribution in [2.75, 3.05) is 23.3 Å². The summed E-state index contributed by atoms with van der Waals surface area (Å²) in [5.74, 6) is -0.401. The van der Waals surface area contributed by atoms with Crippen LogP contribution in [0.2, 0.25) is 0 Å². The first-order valence-corrected chi connectivity index (χ1v) is 17.5. The van der Waals surface area contributed by atoms with Crippen LogP contribution in [0, 0.1) is 5.92 Å². The molecule has 0 bridgehead atoms. The maximum Gasteiger partial charge on any atom is 0.437 e. The Morgan fingerprint density at radius 2 is 1.55 bits per heavy atom. The molecule has 0 spiro atoms. The molecule has 2 amide bonds. The molecule has 16 heteroatoms. The summed E-state index contributed by atoms with van der Waals surface area (Å²) in [6, 6.07) is 12.3. The molecule has 14 nitrogen and oxygen atoms in total. The van der Waals surface area contributed by atoms with Gasteiger partial charge in [-0.25, -0.2) is 27.8 Å². The van der Waals surface area contributed by atoms with Gasteiger partial charge < -0.3 is 24.3 Å². The monoisotopic (exact) mass is 717 g/mol. The highest BCUT2D eigenvalue weighted by Gasteiger charge is 2.32. The number of aromatic nitrogens is 1. The molecule has 0 atom stereocenters. The number of anilines is 2. The quantitative estimate of drug-likeness (QED) is 0.100. The highest BCUT2D eigenvalue weighted by atomic mass is 32.2. The molecule has 0 aliphatic carbocycles. The molecular weight excluding hydrogens is 675 g/mol. The Hall–Kier alpha value is -4.70. The van der Waals surface area contributed by atoms with Crippen molar-refractivity contribution in [3.63, 3.8) is 0 Å². The predicted molar refractivity (Wildman–Crippen MR) is 187 cm³/mol. The Morgan fingerprint density at radius 3 is 2.10 bits per heavy atom. The van der Waals surface area contributed by atoms with Crippen molar-refractivity contribution in [2.45, 2.75) is 78.0 Å². The van der Waals surface area contributed by atoms with Gasteiger partial charge in [-0.2, -0.15) is 0 Å². The van der Waals surface area contributed by atoms with Gasteiger partial charge in [0.15, 0.2) is 5.69 Å². The third-order valence-corrected chi connectivity index (χ3v) is 8.65. The molecule has 0 unspecified atom stereocenters.